The zero-order valence-electron chi connectivity index (χ0n) is 6.61. The van der Waals surface area contributed by atoms with Crippen LogP contribution in [0.2, 0.25) is 0 Å². The second kappa shape index (κ2) is 2.95. The van der Waals surface area contributed by atoms with E-state index in [0.29, 0.717) is 0 Å². The number of hydrogen-bond donors (Lipinski definition) is 1. The molecule has 1 N–H and O–H groups in total. The van der Waals surface area contributed by atoms with Gasteiger partial charge in [-0.05, 0) is 5.92 Å². The maximum absolute atomic E-state index is 12.1. The molecule has 0 bridgehead atoms. The Labute approximate surface area is 68.1 Å². The van der Waals surface area contributed by atoms with E-state index in [-0.39, 0.29) is 18.9 Å². The molecular formula is C7H10F3NO. The Morgan fingerprint density at radius 3 is 2.50 bits per heavy atom. The largest absolute Gasteiger partial charge is 0.391 e. The van der Waals surface area contributed by atoms with Crippen LogP contribution in [-0.4, -0.2) is 18.6 Å². The summed E-state index contributed by atoms with van der Waals surface area (Å²) < 4.78 is 36.3. The van der Waals surface area contributed by atoms with Crippen LogP contribution in [0.25, 0.3) is 0 Å². The third-order valence-electron chi connectivity index (χ3n) is 2.23. The molecule has 1 heterocycles. The summed E-state index contributed by atoms with van der Waals surface area (Å²) in [6, 6.07) is 0. The standard InChI is InChI=1S/C7H10F3NO/c1-4(7(8,9)10)5-2-6(12)11-3-5/h4-5H,2-3H2,1H3,(H,11,12). The summed E-state index contributed by atoms with van der Waals surface area (Å²) in [6.45, 7) is 1.27. The number of halogens is 3. The van der Waals surface area contributed by atoms with Crippen molar-refractivity contribution in [1.82, 2.24) is 5.32 Å². The van der Waals surface area contributed by atoms with Crippen molar-refractivity contribution in [3.8, 4) is 0 Å². The zero-order valence-corrected chi connectivity index (χ0v) is 6.61. The molecule has 70 valence electrons. The van der Waals surface area contributed by atoms with Gasteiger partial charge in [-0.3, -0.25) is 4.79 Å². The lowest BCUT2D eigenvalue weighted by Gasteiger charge is -2.20. The molecule has 5 heteroatoms. The molecule has 0 spiro atoms. The van der Waals surface area contributed by atoms with E-state index in [2.05, 4.69) is 5.32 Å². The zero-order chi connectivity index (χ0) is 9.35. The second-order valence-corrected chi connectivity index (χ2v) is 3.10. The quantitative estimate of drug-likeness (QED) is 0.649. The van der Waals surface area contributed by atoms with Gasteiger partial charge in [0.25, 0.3) is 0 Å². The summed E-state index contributed by atoms with van der Waals surface area (Å²) in [4.78, 5) is 10.6. The highest BCUT2D eigenvalue weighted by molar-refractivity contribution is 5.78. The predicted molar refractivity (Wildman–Crippen MR) is 36.3 cm³/mol. The van der Waals surface area contributed by atoms with Crippen molar-refractivity contribution in [2.75, 3.05) is 6.54 Å². The van der Waals surface area contributed by atoms with Crippen LogP contribution in [0.5, 0.6) is 0 Å². The molecule has 1 amide bonds. The van der Waals surface area contributed by atoms with E-state index in [4.69, 9.17) is 0 Å². The maximum Gasteiger partial charge on any atom is 0.391 e. The van der Waals surface area contributed by atoms with Crippen molar-refractivity contribution in [1.29, 1.82) is 0 Å². The Morgan fingerprint density at radius 1 is 1.58 bits per heavy atom. The Morgan fingerprint density at radius 2 is 2.17 bits per heavy atom. The van der Waals surface area contributed by atoms with Crippen molar-refractivity contribution < 1.29 is 18.0 Å². The van der Waals surface area contributed by atoms with Crippen LogP contribution in [0.3, 0.4) is 0 Å². The minimum atomic E-state index is -4.18. The molecule has 0 aromatic rings. The molecule has 2 atom stereocenters. The fourth-order valence-corrected chi connectivity index (χ4v) is 1.25. The predicted octanol–water partition coefficient (Wildman–Crippen LogP) is 1.32. The van der Waals surface area contributed by atoms with Crippen molar-refractivity contribution in [2.45, 2.75) is 19.5 Å². The van der Waals surface area contributed by atoms with E-state index < -0.39 is 18.0 Å². The van der Waals surface area contributed by atoms with E-state index in [0.717, 1.165) is 6.92 Å². The van der Waals surface area contributed by atoms with Crippen LogP contribution < -0.4 is 5.32 Å². The molecule has 0 aliphatic carbocycles. The summed E-state index contributed by atoms with van der Waals surface area (Å²) in [5.41, 5.74) is 0. The van der Waals surface area contributed by atoms with Crippen LogP contribution in [0.15, 0.2) is 0 Å². The lowest BCUT2D eigenvalue weighted by Crippen LogP contribution is -2.28. The second-order valence-electron chi connectivity index (χ2n) is 3.10. The van der Waals surface area contributed by atoms with Crippen molar-refractivity contribution in [3.63, 3.8) is 0 Å². The normalized spacial score (nSPS) is 27.0. The molecule has 1 aliphatic rings. The van der Waals surface area contributed by atoms with Gasteiger partial charge in [-0.25, -0.2) is 0 Å². The number of amides is 1. The van der Waals surface area contributed by atoms with Gasteiger partial charge in [-0.15, -0.1) is 0 Å². The van der Waals surface area contributed by atoms with Gasteiger partial charge in [0.2, 0.25) is 5.91 Å². The molecule has 0 saturated carbocycles. The average molecular weight is 181 g/mol. The highest BCUT2D eigenvalue weighted by Crippen LogP contribution is 2.34. The average Bonchev–Trinajstić information content (AvgIpc) is 2.32. The van der Waals surface area contributed by atoms with Gasteiger partial charge in [0.05, 0.1) is 5.92 Å². The highest BCUT2D eigenvalue weighted by Gasteiger charge is 2.43. The summed E-state index contributed by atoms with van der Waals surface area (Å²) in [5.74, 6) is -2.26. The number of hydrogen-bond acceptors (Lipinski definition) is 1. The topological polar surface area (TPSA) is 29.1 Å². The minimum Gasteiger partial charge on any atom is -0.356 e. The van der Waals surface area contributed by atoms with Crippen LogP contribution in [0, 0.1) is 11.8 Å². The van der Waals surface area contributed by atoms with Crippen LogP contribution in [0.1, 0.15) is 13.3 Å². The van der Waals surface area contributed by atoms with Crippen molar-refractivity contribution >= 4 is 5.91 Å². The van der Waals surface area contributed by atoms with Gasteiger partial charge in [-0.2, -0.15) is 13.2 Å². The van der Waals surface area contributed by atoms with Crippen molar-refractivity contribution in [3.05, 3.63) is 0 Å². The van der Waals surface area contributed by atoms with Gasteiger partial charge in [0, 0.05) is 13.0 Å². The van der Waals surface area contributed by atoms with Gasteiger partial charge in [0.15, 0.2) is 0 Å². The highest BCUT2D eigenvalue weighted by atomic mass is 19.4. The molecule has 2 nitrogen and oxygen atoms in total. The molecule has 0 aromatic heterocycles. The molecule has 0 aromatic carbocycles. The van der Waals surface area contributed by atoms with Gasteiger partial charge in [0.1, 0.15) is 0 Å². The number of rotatable bonds is 1. The first-order valence-corrected chi connectivity index (χ1v) is 3.74. The van der Waals surface area contributed by atoms with E-state index in [1.165, 1.54) is 0 Å². The van der Waals surface area contributed by atoms with Crippen LogP contribution >= 0.6 is 0 Å². The Bertz CT molecular complexity index is 190. The minimum absolute atomic E-state index is 0.000671. The van der Waals surface area contributed by atoms with E-state index in [1.807, 2.05) is 0 Å². The molecule has 1 aliphatic heterocycles. The first-order valence-electron chi connectivity index (χ1n) is 3.74. The lowest BCUT2D eigenvalue weighted by molar-refractivity contribution is -0.181. The van der Waals surface area contributed by atoms with E-state index in [1.54, 1.807) is 0 Å². The summed E-state index contributed by atoms with van der Waals surface area (Å²) in [6.07, 6.45) is -4.18. The SMILES string of the molecule is CC(C1CNC(=O)C1)C(F)(F)F. The Balaban J connectivity index is 2.54. The fourth-order valence-electron chi connectivity index (χ4n) is 1.25. The molecule has 12 heavy (non-hydrogen) atoms. The number of carbonyl (C=O) groups is 1. The monoisotopic (exact) mass is 181 g/mol. The molecule has 1 fully saturated rings. The first-order chi connectivity index (χ1) is 5.41. The summed E-state index contributed by atoms with van der Waals surface area (Å²) in [7, 11) is 0. The third kappa shape index (κ3) is 1.89. The summed E-state index contributed by atoms with van der Waals surface area (Å²) >= 11 is 0. The van der Waals surface area contributed by atoms with E-state index in [9.17, 15) is 18.0 Å². The molecular weight excluding hydrogens is 171 g/mol. The van der Waals surface area contributed by atoms with Gasteiger partial charge in [-0.1, -0.05) is 6.92 Å². The number of alkyl halides is 3. The fraction of sp³-hybridized carbons (Fsp3) is 0.857. The first kappa shape index (κ1) is 9.35. The third-order valence-corrected chi connectivity index (χ3v) is 2.23. The lowest BCUT2D eigenvalue weighted by atomic mass is 9.93. The Kier molecular flexibility index (Phi) is 2.30. The number of nitrogens with one attached hydrogen (secondary N) is 1. The van der Waals surface area contributed by atoms with E-state index >= 15 is 0 Å². The maximum atomic E-state index is 12.1. The molecule has 2 unspecified atom stereocenters. The van der Waals surface area contributed by atoms with Crippen LogP contribution in [-0.2, 0) is 4.79 Å². The summed E-state index contributed by atoms with van der Waals surface area (Å²) in [5, 5.41) is 2.38. The molecule has 1 rings (SSSR count). The smallest absolute Gasteiger partial charge is 0.356 e. The van der Waals surface area contributed by atoms with Crippen molar-refractivity contribution in [2.24, 2.45) is 11.8 Å². The van der Waals surface area contributed by atoms with Gasteiger partial charge >= 0.3 is 6.18 Å². The molecule has 0 radical (unpaired) electrons. The number of carbonyl (C=O) groups excluding carboxylic acids is 1. The van der Waals surface area contributed by atoms with Crippen LogP contribution in [0.4, 0.5) is 13.2 Å². The Hall–Kier alpha value is -0.740. The molecule has 1 saturated heterocycles. The van der Waals surface area contributed by atoms with Gasteiger partial charge < -0.3 is 5.32 Å².